The second-order valence-electron chi connectivity index (χ2n) is 4.95. The number of benzene rings is 1. The van der Waals surface area contributed by atoms with E-state index >= 15 is 0 Å². The molecule has 0 aromatic heterocycles. The molecule has 124 valence electrons. The fourth-order valence-corrected chi connectivity index (χ4v) is 2.27. The highest BCUT2D eigenvalue weighted by atomic mass is 35.5. The Labute approximate surface area is 132 Å². The number of nitrogens with one attached hydrogen (secondary N) is 2. The van der Waals surface area contributed by atoms with Crippen molar-refractivity contribution in [2.45, 2.75) is 38.1 Å². The van der Waals surface area contributed by atoms with Gasteiger partial charge < -0.3 is 15.4 Å². The van der Waals surface area contributed by atoms with Gasteiger partial charge in [0, 0.05) is 18.2 Å². The van der Waals surface area contributed by atoms with Crippen LogP contribution in [0.5, 0.6) is 5.75 Å². The van der Waals surface area contributed by atoms with E-state index in [4.69, 9.17) is 0 Å². The van der Waals surface area contributed by atoms with Crippen LogP contribution in [0.15, 0.2) is 24.3 Å². The van der Waals surface area contributed by atoms with E-state index in [2.05, 4.69) is 15.4 Å². The van der Waals surface area contributed by atoms with Crippen molar-refractivity contribution in [3.05, 3.63) is 24.3 Å². The molecule has 1 unspecified atom stereocenters. The van der Waals surface area contributed by atoms with Crippen LogP contribution in [0.25, 0.3) is 0 Å². The molecule has 0 radical (unpaired) electrons. The lowest BCUT2D eigenvalue weighted by Crippen LogP contribution is -2.23. The number of anilines is 1. The SMILES string of the molecule is Cl.O=C(CCC1CCCN1)Nc1ccc(OC(F)(F)F)cc1. The van der Waals surface area contributed by atoms with Gasteiger partial charge in [0.15, 0.2) is 0 Å². The van der Waals surface area contributed by atoms with Crippen LogP contribution < -0.4 is 15.4 Å². The Kier molecular flexibility index (Phi) is 6.96. The van der Waals surface area contributed by atoms with Crippen molar-refractivity contribution in [2.24, 2.45) is 0 Å². The first kappa shape index (κ1) is 18.6. The number of carbonyl (C=O) groups is 1. The minimum atomic E-state index is -4.71. The molecule has 1 aromatic carbocycles. The van der Waals surface area contributed by atoms with E-state index in [0.717, 1.165) is 25.8 Å². The third-order valence-corrected chi connectivity index (χ3v) is 3.25. The van der Waals surface area contributed by atoms with Crippen molar-refractivity contribution in [1.29, 1.82) is 0 Å². The first-order valence-corrected chi connectivity index (χ1v) is 6.81. The number of amides is 1. The molecular formula is C14H18ClF3N2O2. The van der Waals surface area contributed by atoms with Crippen molar-refractivity contribution in [3.63, 3.8) is 0 Å². The Hall–Kier alpha value is -1.47. The van der Waals surface area contributed by atoms with Crippen LogP contribution >= 0.6 is 12.4 Å². The zero-order chi connectivity index (χ0) is 15.3. The third-order valence-electron chi connectivity index (χ3n) is 3.25. The summed E-state index contributed by atoms with van der Waals surface area (Å²) < 4.78 is 39.8. The van der Waals surface area contributed by atoms with Crippen LogP contribution in [-0.2, 0) is 4.79 Å². The molecule has 1 aliphatic heterocycles. The molecule has 1 aromatic rings. The Bertz CT molecular complexity index is 474. The molecule has 2 rings (SSSR count). The van der Waals surface area contributed by atoms with Gasteiger partial charge in [-0.15, -0.1) is 25.6 Å². The van der Waals surface area contributed by atoms with E-state index in [0.29, 0.717) is 18.2 Å². The normalized spacial score (nSPS) is 17.7. The second-order valence-corrected chi connectivity index (χ2v) is 4.95. The van der Waals surface area contributed by atoms with E-state index in [9.17, 15) is 18.0 Å². The van der Waals surface area contributed by atoms with Gasteiger partial charge in [-0.3, -0.25) is 4.79 Å². The molecular weight excluding hydrogens is 321 g/mol. The van der Waals surface area contributed by atoms with Crippen LogP contribution in [0.2, 0.25) is 0 Å². The Morgan fingerprint density at radius 2 is 2.00 bits per heavy atom. The zero-order valence-corrected chi connectivity index (χ0v) is 12.6. The number of hydrogen-bond donors (Lipinski definition) is 2. The Morgan fingerprint density at radius 1 is 1.32 bits per heavy atom. The predicted octanol–water partition coefficient (Wildman–Crippen LogP) is 3.48. The topological polar surface area (TPSA) is 50.4 Å². The molecule has 0 aliphatic carbocycles. The first-order valence-electron chi connectivity index (χ1n) is 6.81. The summed E-state index contributed by atoms with van der Waals surface area (Å²) in [7, 11) is 0. The molecule has 0 spiro atoms. The molecule has 1 fully saturated rings. The van der Waals surface area contributed by atoms with E-state index in [-0.39, 0.29) is 24.1 Å². The lowest BCUT2D eigenvalue weighted by molar-refractivity contribution is -0.274. The largest absolute Gasteiger partial charge is 0.573 e. The standard InChI is InChI=1S/C14H17F3N2O2.ClH/c15-14(16,17)21-12-6-3-11(4-7-12)19-13(20)8-5-10-2-1-9-18-10;/h3-4,6-7,10,18H,1-2,5,8-9H2,(H,19,20);1H. The summed E-state index contributed by atoms with van der Waals surface area (Å²) in [6.07, 6.45) is -1.34. The highest BCUT2D eigenvalue weighted by molar-refractivity contribution is 5.90. The third kappa shape index (κ3) is 6.53. The monoisotopic (exact) mass is 338 g/mol. The van der Waals surface area contributed by atoms with Crippen molar-refractivity contribution in [1.82, 2.24) is 5.32 Å². The molecule has 0 saturated carbocycles. The van der Waals surface area contributed by atoms with Crippen molar-refractivity contribution in [2.75, 3.05) is 11.9 Å². The summed E-state index contributed by atoms with van der Waals surface area (Å²) >= 11 is 0. The van der Waals surface area contributed by atoms with Gasteiger partial charge in [-0.25, -0.2) is 0 Å². The smallest absolute Gasteiger partial charge is 0.406 e. The Balaban J connectivity index is 0.00000242. The van der Waals surface area contributed by atoms with Gasteiger partial charge in [0.05, 0.1) is 0 Å². The summed E-state index contributed by atoms with van der Waals surface area (Å²) in [6, 6.07) is 5.49. The number of halogens is 4. The van der Waals surface area contributed by atoms with Gasteiger partial charge in [0.1, 0.15) is 5.75 Å². The summed E-state index contributed by atoms with van der Waals surface area (Å²) in [4.78, 5) is 11.7. The van der Waals surface area contributed by atoms with Gasteiger partial charge in [0.25, 0.3) is 0 Å². The zero-order valence-electron chi connectivity index (χ0n) is 11.8. The van der Waals surface area contributed by atoms with Crippen molar-refractivity contribution >= 4 is 24.0 Å². The van der Waals surface area contributed by atoms with E-state index in [1.165, 1.54) is 24.3 Å². The summed E-state index contributed by atoms with van der Waals surface area (Å²) in [5.41, 5.74) is 0.453. The molecule has 22 heavy (non-hydrogen) atoms. The van der Waals surface area contributed by atoms with Gasteiger partial charge in [-0.2, -0.15) is 0 Å². The highest BCUT2D eigenvalue weighted by Crippen LogP contribution is 2.24. The first-order chi connectivity index (χ1) is 9.92. The molecule has 1 heterocycles. The van der Waals surface area contributed by atoms with Crippen LogP contribution in [0, 0.1) is 0 Å². The fraction of sp³-hybridized carbons (Fsp3) is 0.500. The summed E-state index contributed by atoms with van der Waals surface area (Å²) in [5.74, 6) is -0.455. The number of alkyl halides is 3. The summed E-state index contributed by atoms with van der Waals surface area (Å²) in [5, 5.41) is 5.95. The number of ether oxygens (including phenoxy) is 1. The number of carbonyl (C=O) groups excluding carboxylic acids is 1. The average Bonchev–Trinajstić information content (AvgIpc) is 2.90. The summed E-state index contributed by atoms with van der Waals surface area (Å²) in [6.45, 7) is 0.993. The maximum atomic E-state index is 12.0. The molecule has 1 saturated heterocycles. The van der Waals surface area contributed by atoms with E-state index in [1.54, 1.807) is 0 Å². The second kappa shape index (κ2) is 8.24. The van der Waals surface area contributed by atoms with Gasteiger partial charge in [0.2, 0.25) is 5.91 Å². The van der Waals surface area contributed by atoms with Crippen LogP contribution in [-0.4, -0.2) is 24.9 Å². The molecule has 8 heteroatoms. The van der Waals surface area contributed by atoms with Crippen molar-refractivity contribution in [3.8, 4) is 5.75 Å². The van der Waals surface area contributed by atoms with Gasteiger partial charge in [-0.05, 0) is 50.1 Å². The highest BCUT2D eigenvalue weighted by Gasteiger charge is 2.30. The van der Waals surface area contributed by atoms with E-state index in [1.807, 2.05) is 0 Å². The number of rotatable bonds is 5. The van der Waals surface area contributed by atoms with Crippen molar-refractivity contribution < 1.29 is 22.7 Å². The predicted molar refractivity (Wildman–Crippen MR) is 79.3 cm³/mol. The minimum absolute atomic E-state index is 0. The molecule has 0 bridgehead atoms. The van der Waals surface area contributed by atoms with Crippen LogP contribution in [0.1, 0.15) is 25.7 Å². The lowest BCUT2D eigenvalue weighted by atomic mass is 10.1. The number of hydrogen-bond acceptors (Lipinski definition) is 3. The maximum Gasteiger partial charge on any atom is 0.573 e. The molecule has 4 nitrogen and oxygen atoms in total. The fourth-order valence-electron chi connectivity index (χ4n) is 2.27. The molecule has 2 N–H and O–H groups in total. The molecule has 1 aliphatic rings. The molecule has 1 amide bonds. The van der Waals surface area contributed by atoms with Gasteiger partial charge >= 0.3 is 6.36 Å². The maximum absolute atomic E-state index is 12.0. The van der Waals surface area contributed by atoms with Crippen LogP contribution in [0.3, 0.4) is 0 Å². The minimum Gasteiger partial charge on any atom is -0.406 e. The quantitative estimate of drug-likeness (QED) is 0.864. The van der Waals surface area contributed by atoms with E-state index < -0.39 is 6.36 Å². The Morgan fingerprint density at radius 3 is 2.55 bits per heavy atom. The lowest BCUT2D eigenvalue weighted by Gasteiger charge is -2.11. The molecule has 1 atom stereocenters. The van der Waals surface area contributed by atoms with Gasteiger partial charge in [-0.1, -0.05) is 0 Å². The average molecular weight is 339 g/mol. The van der Waals surface area contributed by atoms with Crippen LogP contribution in [0.4, 0.5) is 18.9 Å².